The summed E-state index contributed by atoms with van der Waals surface area (Å²) in [5.41, 5.74) is -0.0221. The summed E-state index contributed by atoms with van der Waals surface area (Å²) in [4.78, 5) is 18.9. The summed E-state index contributed by atoms with van der Waals surface area (Å²) < 4.78 is 1.72. The molecule has 0 saturated carbocycles. The van der Waals surface area contributed by atoms with E-state index in [4.69, 9.17) is 0 Å². The van der Waals surface area contributed by atoms with Crippen LogP contribution >= 0.6 is 0 Å². The van der Waals surface area contributed by atoms with Gasteiger partial charge in [0.1, 0.15) is 0 Å². The molecule has 0 spiro atoms. The van der Waals surface area contributed by atoms with E-state index >= 15 is 0 Å². The summed E-state index contributed by atoms with van der Waals surface area (Å²) in [7, 11) is 0. The first-order chi connectivity index (χ1) is 9.11. The summed E-state index contributed by atoms with van der Waals surface area (Å²) in [5, 5.41) is 3.32. The van der Waals surface area contributed by atoms with E-state index in [1.807, 2.05) is 13.8 Å². The second-order valence-electron chi connectivity index (χ2n) is 5.46. The smallest absolute Gasteiger partial charge is 0.293 e. The van der Waals surface area contributed by atoms with Gasteiger partial charge in [-0.15, -0.1) is 0 Å². The summed E-state index contributed by atoms with van der Waals surface area (Å²) in [6.07, 6.45) is 5.73. The van der Waals surface area contributed by atoms with Crippen molar-refractivity contribution in [2.24, 2.45) is 0 Å². The Morgan fingerprint density at radius 1 is 1.53 bits per heavy atom. The summed E-state index contributed by atoms with van der Waals surface area (Å²) in [6.45, 7) is 9.40. The van der Waals surface area contributed by atoms with Crippen LogP contribution in [0.5, 0.6) is 0 Å². The number of likely N-dealkylation sites (tertiary alicyclic amines) is 1. The SMILES string of the molecule is CCN1CCCC(Nc2nccn(C(C)C)c2=O)C1. The first kappa shape index (κ1) is 14.1. The van der Waals surface area contributed by atoms with Gasteiger partial charge < -0.3 is 14.8 Å². The van der Waals surface area contributed by atoms with Crippen molar-refractivity contribution in [2.45, 2.75) is 45.7 Å². The van der Waals surface area contributed by atoms with Crippen molar-refractivity contribution in [1.82, 2.24) is 14.5 Å². The minimum absolute atomic E-state index is 0.0221. The molecule has 1 aliphatic rings. The molecule has 2 heterocycles. The number of piperidine rings is 1. The van der Waals surface area contributed by atoms with Crippen LogP contribution in [0.25, 0.3) is 0 Å². The average Bonchev–Trinajstić information content (AvgIpc) is 2.41. The van der Waals surface area contributed by atoms with Gasteiger partial charge in [0.2, 0.25) is 0 Å². The van der Waals surface area contributed by atoms with Crippen LogP contribution in [0.2, 0.25) is 0 Å². The van der Waals surface area contributed by atoms with Gasteiger partial charge in [-0.05, 0) is 39.8 Å². The average molecular weight is 264 g/mol. The maximum atomic E-state index is 12.3. The lowest BCUT2D eigenvalue weighted by Gasteiger charge is -2.32. The third-order valence-corrected chi connectivity index (χ3v) is 3.72. The Labute approximate surface area is 114 Å². The minimum atomic E-state index is -0.0221. The fourth-order valence-electron chi connectivity index (χ4n) is 2.58. The van der Waals surface area contributed by atoms with Gasteiger partial charge in [0, 0.05) is 31.0 Å². The van der Waals surface area contributed by atoms with Crippen LogP contribution in [-0.4, -0.2) is 40.1 Å². The van der Waals surface area contributed by atoms with E-state index in [1.54, 1.807) is 17.0 Å². The molecule has 1 N–H and O–H groups in total. The highest BCUT2D eigenvalue weighted by Crippen LogP contribution is 2.13. The third-order valence-electron chi connectivity index (χ3n) is 3.72. The van der Waals surface area contributed by atoms with E-state index in [-0.39, 0.29) is 11.6 Å². The predicted octanol–water partition coefficient (Wildman–Crippen LogP) is 1.72. The van der Waals surface area contributed by atoms with Gasteiger partial charge in [0.15, 0.2) is 5.82 Å². The normalized spacial score (nSPS) is 20.7. The molecule has 19 heavy (non-hydrogen) atoms. The minimum Gasteiger partial charge on any atom is -0.361 e. The van der Waals surface area contributed by atoms with Crippen LogP contribution in [-0.2, 0) is 0 Å². The van der Waals surface area contributed by atoms with Crippen LogP contribution in [0, 0.1) is 0 Å². The van der Waals surface area contributed by atoms with Crippen LogP contribution in [0.4, 0.5) is 5.82 Å². The van der Waals surface area contributed by atoms with Gasteiger partial charge >= 0.3 is 0 Å². The van der Waals surface area contributed by atoms with Gasteiger partial charge in [-0.1, -0.05) is 6.92 Å². The Morgan fingerprint density at radius 2 is 2.32 bits per heavy atom. The Hall–Kier alpha value is -1.36. The molecule has 2 rings (SSSR count). The number of nitrogens with zero attached hydrogens (tertiary/aromatic N) is 3. The van der Waals surface area contributed by atoms with Crippen molar-refractivity contribution < 1.29 is 0 Å². The molecule has 1 saturated heterocycles. The van der Waals surface area contributed by atoms with Gasteiger partial charge in [-0.25, -0.2) is 4.98 Å². The van der Waals surface area contributed by atoms with Crippen LogP contribution in [0.1, 0.15) is 39.7 Å². The standard InChI is InChI=1S/C14H24N4O/c1-4-17-8-5-6-12(10-17)16-13-14(19)18(11(2)3)9-7-15-13/h7,9,11-12H,4-6,8,10H2,1-3H3,(H,15,16). The molecule has 1 unspecified atom stereocenters. The Bertz CT molecular complexity index is 469. The van der Waals surface area contributed by atoms with Crippen molar-refractivity contribution in [3.63, 3.8) is 0 Å². The van der Waals surface area contributed by atoms with Crippen molar-refractivity contribution in [1.29, 1.82) is 0 Å². The number of aromatic nitrogens is 2. The molecule has 5 heteroatoms. The summed E-state index contributed by atoms with van der Waals surface area (Å²) in [5.74, 6) is 0.485. The van der Waals surface area contributed by atoms with E-state index in [0.29, 0.717) is 11.9 Å². The number of hydrogen-bond acceptors (Lipinski definition) is 4. The van der Waals surface area contributed by atoms with Gasteiger partial charge in [-0.3, -0.25) is 4.79 Å². The van der Waals surface area contributed by atoms with E-state index in [9.17, 15) is 4.79 Å². The number of hydrogen-bond donors (Lipinski definition) is 1. The van der Waals surface area contributed by atoms with Gasteiger partial charge in [-0.2, -0.15) is 0 Å². The first-order valence-corrected chi connectivity index (χ1v) is 7.17. The molecule has 0 amide bonds. The quantitative estimate of drug-likeness (QED) is 0.899. The van der Waals surface area contributed by atoms with E-state index in [2.05, 4.69) is 22.1 Å². The van der Waals surface area contributed by atoms with Crippen LogP contribution in [0.15, 0.2) is 17.2 Å². The summed E-state index contributed by atoms with van der Waals surface area (Å²) in [6, 6.07) is 0.492. The predicted molar refractivity (Wildman–Crippen MR) is 77.6 cm³/mol. The maximum absolute atomic E-state index is 12.3. The zero-order chi connectivity index (χ0) is 13.8. The van der Waals surface area contributed by atoms with Crippen LogP contribution in [0.3, 0.4) is 0 Å². The second kappa shape index (κ2) is 6.19. The molecule has 0 aromatic carbocycles. The number of likely N-dealkylation sites (N-methyl/N-ethyl adjacent to an activating group) is 1. The number of rotatable bonds is 4. The molecule has 106 valence electrons. The molecule has 1 aromatic rings. The number of anilines is 1. The van der Waals surface area contributed by atoms with Gasteiger partial charge in [0.25, 0.3) is 5.56 Å². The molecular weight excluding hydrogens is 240 g/mol. The van der Waals surface area contributed by atoms with Crippen molar-refractivity contribution in [2.75, 3.05) is 25.0 Å². The molecule has 0 aliphatic carbocycles. The zero-order valence-corrected chi connectivity index (χ0v) is 12.1. The molecule has 0 radical (unpaired) electrons. The second-order valence-corrected chi connectivity index (χ2v) is 5.46. The van der Waals surface area contributed by atoms with Crippen molar-refractivity contribution in [3.8, 4) is 0 Å². The highest BCUT2D eigenvalue weighted by molar-refractivity contribution is 5.32. The number of nitrogens with one attached hydrogen (secondary N) is 1. The largest absolute Gasteiger partial charge is 0.361 e. The molecule has 5 nitrogen and oxygen atoms in total. The maximum Gasteiger partial charge on any atom is 0.293 e. The summed E-state index contributed by atoms with van der Waals surface area (Å²) >= 11 is 0. The Morgan fingerprint density at radius 3 is 3.00 bits per heavy atom. The Kier molecular flexibility index (Phi) is 4.58. The first-order valence-electron chi connectivity index (χ1n) is 7.17. The van der Waals surface area contributed by atoms with E-state index in [1.165, 1.54) is 6.42 Å². The highest BCUT2D eigenvalue weighted by Gasteiger charge is 2.20. The molecule has 1 aromatic heterocycles. The fraction of sp³-hybridized carbons (Fsp3) is 0.714. The fourth-order valence-corrected chi connectivity index (χ4v) is 2.58. The molecule has 1 fully saturated rings. The zero-order valence-electron chi connectivity index (χ0n) is 12.1. The van der Waals surface area contributed by atoms with Crippen molar-refractivity contribution >= 4 is 5.82 Å². The molecule has 1 aliphatic heterocycles. The highest BCUT2D eigenvalue weighted by atomic mass is 16.1. The molecule has 0 bridgehead atoms. The van der Waals surface area contributed by atoms with Gasteiger partial charge in [0.05, 0.1) is 0 Å². The lowest BCUT2D eigenvalue weighted by molar-refractivity contribution is 0.226. The molecule has 1 atom stereocenters. The van der Waals surface area contributed by atoms with E-state index in [0.717, 1.165) is 26.1 Å². The lowest BCUT2D eigenvalue weighted by Crippen LogP contribution is -2.43. The molecular formula is C14H24N4O. The monoisotopic (exact) mass is 264 g/mol. The topological polar surface area (TPSA) is 50.2 Å². The Balaban J connectivity index is 2.11. The van der Waals surface area contributed by atoms with E-state index < -0.39 is 0 Å². The van der Waals surface area contributed by atoms with Crippen molar-refractivity contribution in [3.05, 3.63) is 22.7 Å². The van der Waals surface area contributed by atoms with Crippen LogP contribution < -0.4 is 10.9 Å². The third kappa shape index (κ3) is 3.35. The lowest BCUT2D eigenvalue weighted by atomic mass is 10.1.